The molecular formula is C58H38. The van der Waals surface area contributed by atoms with Gasteiger partial charge in [0.05, 0.1) is 0 Å². The average molecular weight is 735 g/mol. The highest BCUT2D eigenvalue weighted by atomic mass is 14.2. The normalized spacial score (nSPS) is 11.4. The fourth-order valence-corrected chi connectivity index (χ4v) is 8.98. The fraction of sp³-hybridized carbons (Fsp3) is 0. The van der Waals surface area contributed by atoms with Gasteiger partial charge in [0, 0.05) is 0 Å². The summed E-state index contributed by atoms with van der Waals surface area (Å²) in [5.74, 6) is 0. The van der Waals surface area contributed by atoms with Crippen molar-refractivity contribution in [2.75, 3.05) is 0 Å². The molecule has 0 spiro atoms. The van der Waals surface area contributed by atoms with E-state index in [0.717, 1.165) is 0 Å². The average Bonchev–Trinajstić information content (AvgIpc) is 3.30. The van der Waals surface area contributed by atoms with Crippen LogP contribution in [-0.4, -0.2) is 0 Å². The predicted molar refractivity (Wildman–Crippen MR) is 249 cm³/mol. The molecule has 0 aromatic heterocycles. The monoisotopic (exact) mass is 734 g/mol. The van der Waals surface area contributed by atoms with Crippen molar-refractivity contribution in [3.63, 3.8) is 0 Å². The molecular weight excluding hydrogens is 697 g/mol. The van der Waals surface area contributed by atoms with Crippen molar-refractivity contribution in [3.05, 3.63) is 231 Å². The Morgan fingerprint density at radius 3 is 1.17 bits per heavy atom. The van der Waals surface area contributed by atoms with Crippen LogP contribution < -0.4 is 0 Å². The molecule has 11 rings (SSSR count). The Hall–Kier alpha value is -7.54. The lowest BCUT2D eigenvalue weighted by Crippen LogP contribution is -1.94. The van der Waals surface area contributed by atoms with Crippen molar-refractivity contribution in [3.8, 4) is 66.8 Å². The van der Waals surface area contributed by atoms with Gasteiger partial charge in [-0.25, -0.2) is 0 Å². The molecule has 0 saturated heterocycles. The first-order valence-corrected chi connectivity index (χ1v) is 20.1. The van der Waals surface area contributed by atoms with Crippen LogP contribution in [0.5, 0.6) is 0 Å². The minimum Gasteiger partial charge on any atom is -0.0622 e. The summed E-state index contributed by atoms with van der Waals surface area (Å²) in [7, 11) is 0. The van der Waals surface area contributed by atoms with Gasteiger partial charge in [-0.15, -0.1) is 0 Å². The van der Waals surface area contributed by atoms with E-state index in [9.17, 15) is 0 Å². The van der Waals surface area contributed by atoms with Crippen molar-refractivity contribution in [2.24, 2.45) is 0 Å². The summed E-state index contributed by atoms with van der Waals surface area (Å²) < 4.78 is 0. The van der Waals surface area contributed by atoms with Gasteiger partial charge < -0.3 is 0 Å². The van der Waals surface area contributed by atoms with Crippen molar-refractivity contribution in [2.45, 2.75) is 0 Å². The molecule has 0 unspecified atom stereocenters. The van der Waals surface area contributed by atoms with Gasteiger partial charge in [0.15, 0.2) is 0 Å². The topological polar surface area (TPSA) is 0 Å². The van der Waals surface area contributed by atoms with E-state index in [0.29, 0.717) is 0 Å². The van der Waals surface area contributed by atoms with Crippen molar-refractivity contribution in [1.82, 2.24) is 0 Å². The highest BCUT2D eigenvalue weighted by Gasteiger charge is 2.20. The van der Waals surface area contributed by atoms with E-state index in [1.807, 2.05) is 0 Å². The van der Waals surface area contributed by atoms with Gasteiger partial charge in [0.25, 0.3) is 0 Å². The van der Waals surface area contributed by atoms with Crippen LogP contribution in [0.15, 0.2) is 231 Å². The largest absolute Gasteiger partial charge is 0.0622 e. The molecule has 0 heterocycles. The van der Waals surface area contributed by atoms with Crippen molar-refractivity contribution < 1.29 is 0 Å². The molecule has 11 aromatic carbocycles. The van der Waals surface area contributed by atoms with Gasteiger partial charge in [-0.05, 0) is 134 Å². The second-order valence-corrected chi connectivity index (χ2v) is 15.2. The van der Waals surface area contributed by atoms with E-state index in [-0.39, 0.29) is 0 Å². The second-order valence-electron chi connectivity index (χ2n) is 15.2. The van der Waals surface area contributed by atoms with E-state index in [1.54, 1.807) is 0 Å². The first-order chi connectivity index (χ1) is 28.7. The van der Waals surface area contributed by atoms with Crippen LogP contribution in [0.25, 0.3) is 110 Å². The molecule has 0 aliphatic carbocycles. The maximum absolute atomic E-state index is 2.43. The van der Waals surface area contributed by atoms with Gasteiger partial charge in [-0.1, -0.05) is 206 Å². The van der Waals surface area contributed by atoms with Gasteiger partial charge in [0.1, 0.15) is 0 Å². The van der Waals surface area contributed by atoms with E-state index in [1.165, 1.54) is 110 Å². The predicted octanol–water partition coefficient (Wildman–Crippen LogP) is 16.3. The minimum absolute atomic E-state index is 1.19. The Morgan fingerprint density at radius 1 is 0.172 bits per heavy atom. The molecule has 11 aromatic rings. The molecule has 0 aliphatic rings. The fourth-order valence-electron chi connectivity index (χ4n) is 8.98. The Morgan fingerprint density at radius 2 is 0.569 bits per heavy atom. The number of fused-ring (bicyclic) bond motifs is 4. The molecule has 0 radical (unpaired) electrons. The summed E-state index contributed by atoms with van der Waals surface area (Å²) in [6.45, 7) is 0. The standard InChI is InChI=1S/C58H38/c1-2-15-43(16-3-1)57-52-21-8-10-23-54(52)58(55-24-11-9-22-53(55)57)56-38-49(33-34-51(56)50-32-30-40-14-5-7-18-45(40)37-50)47-20-12-19-46(35-47)41-25-27-42(28-26-41)48-31-29-39-13-4-6-17-44(39)36-48/h1-38H. The zero-order valence-electron chi connectivity index (χ0n) is 31.9. The molecule has 0 N–H and O–H groups in total. The number of benzene rings is 11. The van der Waals surface area contributed by atoms with E-state index < -0.39 is 0 Å². The number of hydrogen-bond donors (Lipinski definition) is 0. The van der Waals surface area contributed by atoms with Crippen molar-refractivity contribution >= 4 is 43.1 Å². The highest BCUT2D eigenvalue weighted by molar-refractivity contribution is 6.22. The van der Waals surface area contributed by atoms with Crippen LogP contribution >= 0.6 is 0 Å². The van der Waals surface area contributed by atoms with Crippen LogP contribution in [0.1, 0.15) is 0 Å². The van der Waals surface area contributed by atoms with E-state index >= 15 is 0 Å². The Balaban J connectivity index is 1.08. The molecule has 0 heteroatoms. The summed E-state index contributed by atoms with van der Waals surface area (Å²) in [6, 6.07) is 84.7. The second kappa shape index (κ2) is 14.2. The smallest absolute Gasteiger partial charge is 0.00199 e. The van der Waals surface area contributed by atoms with Crippen LogP contribution in [0, 0.1) is 0 Å². The zero-order chi connectivity index (χ0) is 38.4. The van der Waals surface area contributed by atoms with Gasteiger partial charge in [-0.3, -0.25) is 0 Å². The molecule has 270 valence electrons. The Labute approximate surface area is 339 Å². The van der Waals surface area contributed by atoms with Gasteiger partial charge in [-0.2, -0.15) is 0 Å². The van der Waals surface area contributed by atoms with Crippen LogP contribution in [-0.2, 0) is 0 Å². The molecule has 0 fully saturated rings. The summed E-state index contributed by atoms with van der Waals surface area (Å²) >= 11 is 0. The van der Waals surface area contributed by atoms with Crippen LogP contribution in [0.4, 0.5) is 0 Å². The third-order valence-electron chi connectivity index (χ3n) is 11.8. The van der Waals surface area contributed by atoms with E-state index in [2.05, 4.69) is 231 Å². The molecule has 0 atom stereocenters. The first-order valence-electron chi connectivity index (χ1n) is 20.1. The van der Waals surface area contributed by atoms with Crippen molar-refractivity contribution in [1.29, 1.82) is 0 Å². The lowest BCUT2D eigenvalue weighted by molar-refractivity contribution is 1.57. The highest BCUT2D eigenvalue weighted by Crippen LogP contribution is 2.47. The quantitative estimate of drug-likeness (QED) is 0.149. The minimum atomic E-state index is 1.19. The first kappa shape index (κ1) is 33.8. The van der Waals surface area contributed by atoms with Crippen LogP contribution in [0.3, 0.4) is 0 Å². The van der Waals surface area contributed by atoms with Gasteiger partial charge in [0.2, 0.25) is 0 Å². The number of rotatable bonds is 6. The van der Waals surface area contributed by atoms with Gasteiger partial charge >= 0.3 is 0 Å². The molecule has 0 aliphatic heterocycles. The molecule has 0 saturated carbocycles. The lowest BCUT2D eigenvalue weighted by Gasteiger charge is -2.21. The lowest BCUT2D eigenvalue weighted by atomic mass is 9.82. The van der Waals surface area contributed by atoms with E-state index in [4.69, 9.17) is 0 Å². The maximum Gasteiger partial charge on any atom is -0.00199 e. The summed E-state index contributed by atoms with van der Waals surface area (Å²) in [5.41, 5.74) is 14.7. The van der Waals surface area contributed by atoms with Crippen LogP contribution in [0.2, 0.25) is 0 Å². The summed E-state index contributed by atoms with van der Waals surface area (Å²) in [6.07, 6.45) is 0. The maximum atomic E-state index is 2.43. The molecule has 0 nitrogen and oxygen atoms in total. The summed E-state index contributed by atoms with van der Waals surface area (Å²) in [4.78, 5) is 0. The molecule has 0 amide bonds. The summed E-state index contributed by atoms with van der Waals surface area (Å²) in [5, 5.41) is 10.0. The molecule has 58 heavy (non-hydrogen) atoms. The third-order valence-corrected chi connectivity index (χ3v) is 11.8. The number of hydrogen-bond acceptors (Lipinski definition) is 0. The zero-order valence-corrected chi connectivity index (χ0v) is 31.9. The third kappa shape index (κ3) is 5.95. The molecule has 0 bridgehead atoms. The Bertz CT molecular complexity index is 3260. The SMILES string of the molecule is c1ccc(-c2c3ccccc3c(-c3cc(-c4cccc(-c5ccc(-c6ccc7ccccc7c6)cc5)c4)ccc3-c3ccc4ccccc4c3)c3ccccc23)cc1. The Kier molecular flexibility index (Phi) is 8.26.